The molecule has 2 atom stereocenters. The van der Waals surface area contributed by atoms with Crippen molar-refractivity contribution in [2.24, 2.45) is 11.3 Å². The highest BCUT2D eigenvalue weighted by atomic mass is 16.6. The Hall–Kier alpha value is -0.770. The molecule has 4 nitrogen and oxygen atoms in total. The topological polar surface area (TPSA) is 49.8 Å². The van der Waals surface area contributed by atoms with E-state index in [0.717, 1.165) is 6.42 Å². The van der Waals surface area contributed by atoms with Gasteiger partial charge in [0.25, 0.3) is 0 Å². The van der Waals surface area contributed by atoms with E-state index in [4.69, 9.17) is 4.74 Å². The zero-order chi connectivity index (χ0) is 17.4. The lowest BCUT2D eigenvalue weighted by Crippen LogP contribution is -2.42. The van der Waals surface area contributed by atoms with Gasteiger partial charge in [-0.3, -0.25) is 0 Å². The number of ether oxygens (including phenoxy) is 1. The Balaban J connectivity index is 0. The maximum atomic E-state index is 11.1. The van der Waals surface area contributed by atoms with Crippen LogP contribution < -0.4 is 0 Å². The van der Waals surface area contributed by atoms with Crippen LogP contribution >= 0.6 is 0 Å². The highest BCUT2D eigenvalue weighted by Gasteiger charge is 2.26. The molecular formula is C17H37NO3. The maximum absolute atomic E-state index is 11.1. The van der Waals surface area contributed by atoms with Crippen LogP contribution in [0.25, 0.3) is 0 Å². The van der Waals surface area contributed by atoms with E-state index in [-0.39, 0.29) is 23.2 Å². The number of hydrogen-bond donors (Lipinski definition) is 1. The number of rotatable bonds is 3. The van der Waals surface area contributed by atoms with Gasteiger partial charge in [-0.1, -0.05) is 34.1 Å². The van der Waals surface area contributed by atoms with Crippen molar-refractivity contribution in [3.8, 4) is 0 Å². The quantitative estimate of drug-likeness (QED) is 0.845. The summed E-state index contributed by atoms with van der Waals surface area (Å²) < 4.78 is 4.82. The molecule has 0 bridgehead atoms. The van der Waals surface area contributed by atoms with Crippen LogP contribution in [0.4, 0.5) is 4.79 Å². The first-order chi connectivity index (χ1) is 9.28. The van der Waals surface area contributed by atoms with E-state index in [1.54, 1.807) is 18.9 Å². The molecule has 1 N–H and O–H groups in total. The van der Waals surface area contributed by atoms with E-state index in [9.17, 15) is 9.90 Å². The van der Waals surface area contributed by atoms with Crippen LogP contribution in [0.3, 0.4) is 0 Å². The van der Waals surface area contributed by atoms with E-state index in [1.807, 2.05) is 27.7 Å². The number of amides is 1. The molecule has 0 spiro atoms. The van der Waals surface area contributed by atoms with Gasteiger partial charge in [0.05, 0.1) is 12.7 Å². The Labute approximate surface area is 131 Å². The van der Waals surface area contributed by atoms with E-state index in [2.05, 4.69) is 27.7 Å². The predicted molar refractivity (Wildman–Crippen MR) is 89.5 cm³/mol. The normalized spacial score (nSPS) is 14.6. The highest BCUT2D eigenvalue weighted by Crippen LogP contribution is 2.30. The fourth-order valence-electron chi connectivity index (χ4n) is 2.17. The number of aliphatic hydroxyl groups excluding tert-OH is 1. The van der Waals surface area contributed by atoms with Crippen LogP contribution in [-0.4, -0.2) is 41.4 Å². The summed E-state index contributed by atoms with van der Waals surface area (Å²) in [5.41, 5.74) is 0.0785. The maximum Gasteiger partial charge on any atom is 0.409 e. The van der Waals surface area contributed by atoms with Gasteiger partial charge < -0.3 is 14.7 Å². The molecule has 0 radical (unpaired) electrons. The summed E-state index contributed by atoms with van der Waals surface area (Å²) in [4.78, 5) is 12.7. The molecule has 0 saturated carbocycles. The molecule has 0 rings (SSSR count). The smallest absolute Gasteiger partial charge is 0.409 e. The molecule has 0 saturated heterocycles. The van der Waals surface area contributed by atoms with Crippen molar-refractivity contribution in [3.63, 3.8) is 0 Å². The van der Waals surface area contributed by atoms with Crippen LogP contribution in [0.1, 0.15) is 68.7 Å². The minimum Gasteiger partial charge on any atom is -0.450 e. The lowest BCUT2D eigenvalue weighted by Gasteiger charge is -2.31. The van der Waals surface area contributed by atoms with Gasteiger partial charge in [0.2, 0.25) is 0 Å². The first-order valence-corrected chi connectivity index (χ1v) is 7.87. The van der Waals surface area contributed by atoms with Crippen molar-refractivity contribution in [1.29, 1.82) is 0 Å². The van der Waals surface area contributed by atoms with E-state index < -0.39 is 0 Å². The van der Waals surface area contributed by atoms with E-state index in [0.29, 0.717) is 12.5 Å². The lowest BCUT2D eigenvalue weighted by molar-refractivity contribution is 0.0538. The third kappa shape index (κ3) is 9.72. The zero-order valence-corrected chi connectivity index (χ0v) is 15.8. The minimum atomic E-state index is -0.264. The molecule has 0 aliphatic heterocycles. The average molecular weight is 303 g/mol. The zero-order valence-electron chi connectivity index (χ0n) is 15.8. The van der Waals surface area contributed by atoms with Gasteiger partial charge in [-0.25, -0.2) is 4.79 Å². The monoisotopic (exact) mass is 303 g/mol. The molecule has 128 valence electrons. The predicted octanol–water partition coefficient (Wildman–Crippen LogP) is 4.31. The molecule has 1 unspecified atom stereocenters. The number of nitrogens with zero attached hydrogens (tertiary/aromatic N) is 1. The van der Waals surface area contributed by atoms with Gasteiger partial charge in [-0.15, -0.1) is 0 Å². The molecule has 0 fully saturated rings. The lowest BCUT2D eigenvalue weighted by atomic mass is 9.76. The molecule has 0 aliphatic rings. The summed E-state index contributed by atoms with van der Waals surface area (Å²) in [5.74, 6) is 0.424. The summed E-state index contributed by atoms with van der Waals surface area (Å²) in [6.45, 7) is 18.6. The van der Waals surface area contributed by atoms with Gasteiger partial charge in [-0.05, 0) is 46.0 Å². The Bertz CT molecular complexity index is 287. The second-order valence-corrected chi connectivity index (χ2v) is 7.55. The van der Waals surface area contributed by atoms with Gasteiger partial charge in [0, 0.05) is 12.6 Å². The third-order valence-electron chi connectivity index (χ3n) is 3.68. The van der Waals surface area contributed by atoms with Gasteiger partial charge in [0.1, 0.15) is 0 Å². The number of carbonyl (C=O) groups excluding carboxylic acids is 1. The van der Waals surface area contributed by atoms with Crippen molar-refractivity contribution in [3.05, 3.63) is 0 Å². The van der Waals surface area contributed by atoms with Crippen LogP contribution in [-0.2, 0) is 4.74 Å². The van der Waals surface area contributed by atoms with Crippen molar-refractivity contribution < 1.29 is 14.6 Å². The first-order valence-electron chi connectivity index (χ1n) is 7.87. The van der Waals surface area contributed by atoms with Crippen molar-refractivity contribution in [2.45, 2.75) is 80.4 Å². The largest absolute Gasteiger partial charge is 0.450 e. The number of carbonyl (C=O) groups is 1. The van der Waals surface area contributed by atoms with Crippen LogP contribution in [0.2, 0.25) is 0 Å². The minimum absolute atomic E-state index is 0.160. The number of hydrogen-bond acceptors (Lipinski definition) is 3. The highest BCUT2D eigenvalue weighted by molar-refractivity contribution is 5.68. The SMILES string of the molecule is CCOC(=O)N(C)C(C)(C)C.CC[C@@H](C(C)O)C(C)(C)C. The molecule has 0 aromatic heterocycles. The molecule has 0 aromatic rings. The Morgan fingerprint density at radius 1 is 1.14 bits per heavy atom. The summed E-state index contributed by atoms with van der Waals surface area (Å²) in [5, 5.41) is 9.35. The van der Waals surface area contributed by atoms with Crippen molar-refractivity contribution in [1.82, 2.24) is 4.90 Å². The van der Waals surface area contributed by atoms with Gasteiger partial charge in [0.15, 0.2) is 0 Å². The van der Waals surface area contributed by atoms with E-state index >= 15 is 0 Å². The van der Waals surface area contributed by atoms with Crippen molar-refractivity contribution >= 4 is 6.09 Å². The molecule has 4 heteroatoms. The van der Waals surface area contributed by atoms with Gasteiger partial charge in [-0.2, -0.15) is 0 Å². The second-order valence-electron chi connectivity index (χ2n) is 7.55. The number of aliphatic hydroxyl groups is 1. The summed E-state index contributed by atoms with van der Waals surface area (Å²) in [6, 6.07) is 0. The van der Waals surface area contributed by atoms with Crippen LogP contribution in [0.15, 0.2) is 0 Å². The van der Waals surface area contributed by atoms with Crippen molar-refractivity contribution in [2.75, 3.05) is 13.7 Å². The van der Waals surface area contributed by atoms with Crippen LogP contribution in [0, 0.1) is 11.3 Å². The summed E-state index contributed by atoms with van der Waals surface area (Å²) in [6.07, 6.45) is 0.617. The first kappa shape index (κ1) is 22.5. The third-order valence-corrected chi connectivity index (χ3v) is 3.68. The Morgan fingerprint density at radius 2 is 1.57 bits per heavy atom. The fourth-order valence-corrected chi connectivity index (χ4v) is 2.17. The average Bonchev–Trinajstić information content (AvgIpc) is 2.26. The van der Waals surface area contributed by atoms with E-state index in [1.165, 1.54) is 0 Å². The standard InChI is InChI=1S/C9H20O.C8H17NO2/c1-6-8(7(2)10)9(3,4)5;1-6-11-7(10)9(5)8(2,3)4/h7-8,10H,6H2,1-5H3;6H2,1-5H3/t7?,8-;/m0./s1. The second kappa shape index (κ2) is 9.29. The molecule has 0 aromatic carbocycles. The molecule has 0 heterocycles. The Kier molecular flexibility index (Phi) is 9.96. The fraction of sp³-hybridized carbons (Fsp3) is 0.941. The summed E-state index contributed by atoms with van der Waals surface area (Å²) >= 11 is 0. The Morgan fingerprint density at radius 3 is 1.71 bits per heavy atom. The van der Waals surface area contributed by atoms with Crippen LogP contribution in [0.5, 0.6) is 0 Å². The molecular weight excluding hydrogens is 266 g/mol. The molecule has 0 aliphatic carbocycles. The molecule has 21 heavy (non-hydrogen) atoms. The molecule has 1 amide bonds. The van der Waals surface area contributed by atoms with Gasteiger partial charge >= 0.3 is 6.09 Å². The summed E-state index contributed by atoms with van der Waals surface area (Å²) in [7, 11) is 1.73.